The summed E-state index contributed by atoms with van der Waals surface area (Å²) in [6.07, 6.45) is 29.9. The Hall–Kier alpha value is -11.2. The minimum atomic E-state index is -0.0372. The van der Waals surface area contributed by atoms with Crippen LogP contribution in [0.4, 0.5) is 0 Å². The molecule has 4 aliphatic carbocycles. The summed E-state index contributed by atoms with van der Waals surface area (Å²) in [5.41, 5.74) is 13.3. The lowest BCUT2D eigenvalue weighted by molar-refractivity contribution is -0.0316. The van der Waals surface area contributed by atoms with Crippen molar-refractivity contribution in [2.24, 2.45) is 23.7 Å². The molecular formula is C92H96N16O8S4. The van der Waals surface area contributed by atoms with Gasteiger partial charge in [0.1, 0.15) is 67.2 Å². The first-order chi connectivity index (χ1) is 58.3. The minimum absolute atomic E-state index is 0.0209. The van der Waals surface area contributed by atoms with Crippen LogP contribution >= 0.6 is 45.3 Å². The van der Waals surface area contributed by atoms with E-state index in [0.717, 1.165) is 179 Å². The number of carbonyl (C=O) groups excluding carboxylic acids is 4. The predicted molar refractivity (Wildman–Crippen MR) is 463 cm³/mol. The fraction of sp³-hybridized carbons (Fsp3) is 0.391. The van der Waals surface area contributed by atoms with E-state index in [2.05, 4.69) is 59.8 Å². The fourth-order valence-corrected chi connectivity index (χ4v) is 20.9. The molecule has 0 spiro atoms. The molecule has 0 N–H and O–H groups in total. The van der Waals surface area contributed by atoms with Gasteiger partial charge in [0.05, 0.1) is 35.3 Å². The first-order valence-electron chi connectivity index (χ1n) is 41.4. The molecule has 616 valence electrons. The molecule has 24 rings (SSSR count). The normalized spacial score (nSPS) is 22.9. The predicted octanol–water partition coefficient (Wildman–Crippen LogP) is 17.2. The second-order valence-corrected chi connectivity index (χ2v) is 36.6. The molecule has 12 fully saturated rings. The molecule has 28 heteroatoms. The van der Waals surface area contributed by atoms with Crippen molar-refractivity contribution < 1.29 is 38.1 Å². The van der Waals surface area contributed by atoms with E-state index in [1.54, 1.807) is 37.2 Å². The standard InChI is InChI=1S/4C23H24N4O2S/c1-14-3-8-20(25-12-14)29-19-11-16-5-7-18(19)27(13-16)23(28)17-6-4-15(2)26-21(17)22-24-9-10-30-22;1-14-3-8-20(25-12-14)29-19-11-16-5-7-18(19)27(13-16)23(28)21-17(6-4-15(2)26-21)22-24-9-10-30-22;1-14-3-6-20(25-11-14)29-19-10-16-4-5-18(19)27(13-16)23(28)17-9-15(2)12-26-21(17)22-24-7-8-30-22;1-14-3-6-20(25-11-14)29-19-10-16-4-5-18(19)27(13-16)23(28)21-17(9-15(2)12-26-21)22-24-7-8-30-22/h2*3-4,6,8-10,12,16,18-19H,5,7,11,13H2,1-2H3;2*3,6-9,11-12,16,18-19H,4-5,10,13H2,1-2H3. The van der Waals surface area contributed by atoms with Crippen molar-refractivity contribution in [2.75, 3.05) is 26.2 Å². The highest BCUT2D eigenvalue weighted by atomic mass is 32.1. The average Bonchev–Trinajstić information content (AvgIpc) is 1.02. The van der Waals surface area contributed by atoms with Crippen molar-refractivity contribution in [1.29, 1.82) is 0 Å². The molecule has 0 aromatic carbocycles. The summed E-state index contributed by atoms with van der Waals surface area (Å²) in [5, 5.41) is 10.9. The van der Waals surface area contributed by atoms with Gasteiger partial charge in [-0.15, -0.1) is 45.3 Å². The molecular weight excluding hydrogens is 1590 g/mol. The summed E-state index contributed by atoms with van der Waals surface area (Å²) in [7, 11) is 0. The number of pyridine rings is 8. The number of carbonyl (C=O) groups is 4. The van der Waals surface area contributed by atoms with Gasteiger partial charge in [0, 0.05) is 156 Å². The van der Waals surface area contributed by atoms with Gasteiger partial charge in [0.25, 0.3) is 23.6 Å². The van der Waals surface area contributed by atoms with Gasteiger partial charge >= 0.3 is 0 Å². The second kappa shape index (κ2) is 36.0. The van der Waals surface area contributed by atoms with Crippen LogP contribution in [0.3, 0.4) is 0 Å². The number of hydrogen-bond acceptors (Lipinski definition) is 24. The third kappa shape index (κ3) is 18.1. The molecule has 120 heavy (non-hydrogen) atoms. The van der Waals surface area contributed by atoms with Crippen LogP contribution in [-0.2, 0) is 0 Å². The monoisotopic (exact) mass is 1680 g/mol. The molecule has 8 bridgehead atoms. The Kier molecular flexibility index (Phi) is 24.4. The maximum atomic E-state index is 13.7. The third-order valence-electron chi connectivity index (χ3n) is 24.1. The number of amides is 4. The first kappa shape index (κ1) is 81.2. The van der Waals surface area contributed by atoms with Crippen LogP contribution in [0.15, 0.2) is 168 Å². The zero-order valence-corrected chi connectivity index (χ0v) is 71.7. The Bertz CT molecular complexity index is 5230. The molecule has 8 saturated heterocycles. The number of piperidine rings is 8. The number of fused-ring (bicyclic) bond motifs is 12. The summed E-state index contributed by atoms with van der Waals surface area (Å²) in [6.45, 7) is 18.9. The quantitative estimate of drug-likeness (QED) is 0.0869. The number of thiazole rings is 4. The molecule has 20 heterocycles. The summed E-state index contributed by atoms with van der Waals surface area (Å²) < 4.78 is 25.0. The van der Waals surface area contributed by atoms with Crippen molar-refractivity contribution in [3.8, 4) is 66.1 Å². The summed E-state index contributed by atoms with van der Waals surface area (Å²) in [4.78, 5) is 116. The van der Waals surface area contributed by atoms with Crippen LogP contribution in [0.2, 0.25) is 0 Å². The van der Waals surface area contributed by atoms with E-state index in [-0.39, 0.29) is 72.2 Å². The number of nitrogens with zero attached hydrogens (tertiary/aromatic N) is 16. The number of rotatable bonds is 16. The van der Waals surface area contributed by atoms with Gasteiger partial charge in [-0.2, -0.15) is 0 Å². The van der Waals surface area contributed by atoms with E-state index < -0.39 is 0 Å². The number of aromatic nitrogens is 12. The van der Waals surface area contributed by atoms with E-state index in [1.807, 2.05) is 206 Å². The minimum Gasteiger partial charge on any atom is -0.472 e. The number of hydrogen-bond donors (Lipinski definition) is 0. The van der Waals surface area contributed by atoms with Crippen molar-refractivity contribution in [2.45, 2.75) is 181 Å². The van der Waals surface area contributed by atoms with Gasteiger partial charge in [0.15, 0.2) is 0 Å². The highest BCUT2D eigenvalue weighted by molar-refractivity contribution is 7.14. The Morgan fingerprint density at radius 3 is 1.07 bits per heavy atom. The van der Waals surface area contributed by atoms with Crippen molar-refractivity contribution >= 4 is 69.0 Å². The number of aryl methyl sites for hydroxylation is 8. The lowest BCUT2D eigenvalue weighted by Crippen LogP contribution is -2.59. The van der Waals surface area contributed by atoms with Crippen LogP contribution in [0.5, 0.6) is 23.5 Å². The summed E-state index contributed by atoms with van der Waals surface area (Å²) in [5.74, 6) is 4.31. The highest BCUT2D eigenvalue weighted by Gasteiger charge is 2.50. The van der Waals surface area contributed by atoms with Gasteiger partial charge < -0.3 is 38.5 Å². The van der Waals surface area contributed by atoms with Crippen molar-refractivity contribution in [3.63, 3.8) is 0 Å². The average molecular weight is 1680 g/mol. The van der Waals surface area contributed by atoms with E-state index in [0.29, 0.717) is 81.1 Å². The zero-order chi connectivity index (χ0) is 82.7. The van der Waals surface area contributed by atoms with E-state index in [9.17, 15) is 19.2 Å². The van der Waals surface area contributed by atoms with Crippen LogP contribution in [-0.4, -0.2) is 178 Å². The van der Waals surface area contributed by atoms with Crippen LogP contribution in [0.25, 0.3) is 42.5 Å². The molecule has 12 aromatic heterocycles. The Balaban J connectivity index is 0.000000114. The first-order valence-corrected chi connectivity index (χ1v) is 44.9. The fourth-order valence-electron chi connectivity index (χ4n) is 18.2. The maximum Gasteiger partial charge on any atom is 0.273 e. The molecule has 12 unspecified atom stereocenters. The molecule has 12 aromatic rings. The van der Waals surface area contributed by atoms with Gasteiger partial charge in [0.2, 0.25) is 23.5 Å². The van der Waals surface area contributed by atoms with Crippen LogP contribution in [0.1, 0.15) is 164 Å². The van der Waals surface area contributed by atoms with Gasteiger partial charge in [-0.3, -0.25) is 29.1 Å². The lowest BCUT2D eigenvalue weighted by atomic mass is 9.77. The van der Waals surface area contributed by atoms with E-state index in [4.69, 9.17) is 18.9 Å². The smallest absolute Gasteiger partial charge is 0.273 e. The van der Waals surface area contributed by atoms with E-state index in [1.165, 1.54) is 45.3 Å². The van der Waals surface area contributed by atoms with E-state index >= 15 is 0 Å². The van der Waals surface area contributed by atoms with Crippen molar-refractivity contribution in [3.05, 3.63) is 236 Å². The Morgan fingerprint density at radius 2 is 0.667 bits per heavy atom. The van der Waals surface area contributed by atoms with Gasteiger partial charge in [-0.25, -0.2) is 49.8 Å². The zero-order valence-electron chi connectivity index (χ0n) is 68.5. The Labute approximate surface area is 714 Å². The molecule has 12 aliphatic rings. The van der Waals surface area contributed by atoms with Crippen molar-refractivity contribution in [1.82, 2.24) is 79.4 Å². The summed E-state index contributed by atoms with van der Waals surface area (Å²) in [6, 6.07) is 27.5. The molecule has 8 aliphatic heterocycles. The largest absolute Gasteiger partial charge is 0.472 e. The second-order valence-electron chi connectivity index (χ2n) is 33.0. The number of ether oxygens (including phenoxy) is 4. The SMILES string of the molecule is Cc1ccc(OC2CC3CCC2N(C(=O)c2cc(C)cnc2-c2nccs2)C3)nc1.Cc1ccc(OC2CC3CCC2N(C(=O)c2ccc(C)nc2-c2nccs2)C3)nc1.Cc1ccc(OC2CC3CCC2N(C(=O)c2nc(C)ccc2-c2nccs2)C3)nc1.Cc1ccc(OC2CC3CCC2N(C(=O)c2ncc(C)cc2-c2nccs2)C3)nc1. The molecule has 0 radical (unpaired) electrons. The lowest BCUT2D eigenvalue weighted by Gasteiger charge is -2.49. The molecule has 12 atom stereocenters. The van der Waals surface area contributed by atoms with Gasteiger partial charge in [-0.05, 0) is 226 Å². The Morgan fingerprint density at radius 1 is 0.317 bits per heavy atom. The molecule has 4 saturated carbocycles. The molecule has 24 nitrogen and oxygen atoms in total. The maximum absolute atomic E-state index is 13.7. The summed E-state index contributed by atoms with van der Waals surface area (Å²) >= 11 is 6.06. The van der Waals surface area contributed by atoms with Gasteiger partial charge in [-0.1, -0.05) is 24.3 Å². The topological polar surface area (TPSA) is 273 Å². The highest BCUT2D eigenvalue weighted by Crippen LogP contribution is 2.45. The molecule has 4 amide bonds. The van der Waals surface area contributed by atoms with Crippen LogP contribution in [0, 0.1) is 79.1 Å². The third-order valence-corrected chi connectivity index (χ3v) is 27.3. The van der Waals surface area contributed by atoms with Crippen LogP contribution < -0.4 is 18.9 Å².